The minimum Gasteiger partial charge on any atom is -0.338 e. The monoisotopic (exact) mass is 302 g/mol. The van der Waals surface area contributed by atoms with Gasteiger partial charge >= 0.3 is 0 Å². The molecule has 0 saturated carbocycles. The summed E-state index contributed by atoms with van der Waals surface area (Å²) < 4.78 is 1.58. The second kappa shape index (κ2) is 5.59. The van der Waals surface area contributed by atoms with E-state index in [1.807, 2.05) is 11.8 Å². The second-order valence-electron chi connectivity index (χ2n) is 6.18. The summed E-state index contributed by atoms with van der Waals surface area (Å²) in [4.78, 5) is 31.3. The van der Waals surface area contributed by atoms with E-state index in [1.165, 1.54) is 6.42 Å². The number of aryl methyl sites for hydroxylation is 2. The Morgan fingerprint density at radius 3 is 3.00 bits per heavy atom. The summed E-state index contributed by atoms with van der Waals surface area (Å²) in [5.41, 5.74) is 1.51. The van der Waals surface area contributed by atoms with Gasteiger partial charge in [0.05, 0.1) is 10.9 Å². The largest absolute Gasteiger partial charge is 0.338 e. The molecule has 1 aliphatic heterocycles. The first-order valence-electron chi connectivity index (χ1n) is 7.87. The molecule has 1 saturated heterocycles. The van der Waals surface area contributed by atoms with Crippen LogP contribution in [-0.2, 0) is 7.05 Å². The normalized spacial score (nSPS) is 18.9. The maximum absolute atomic E-state index is 12.9. The van der Waals surface area contributed by atoms with Crippen LogP contribution in [0.5, 0.6) is 0 Å². The number of H-pyrrole nitrogens is 1. The predicted octanol–water partition coefficient (Wildman–Crippen LogP) is 1.83. The summed E-state index contributed by atoms with van der Waals surface area (Å²) in [5.74, 6) is 0.510. The van der Waals surface area contributed by atoms with Crippen LogP contribution in [0.3, 0.4) is 0 Å². The molecule has 2 aromatic rings. The van der Waals surface area contributed by atoms with Crippen LogP contribution < -0.4 is 5.56 Å². The van der Waals surface area contributed by atoms with Crippen LogP contribution in [0.25, 0.3) is 11.0 Å². The maximum Gasteiger partial charge on any atom is 0.274 e. The van der Waals surface area contributed by atoms with Gasteiger partial charge in [-0.3, -0.25) is 19.4 Å². The van der Waals surface area contributed by atoms with Crippen molar-refractivity contribution >= 4 is 16.9 Å². The Hall–Kier alpha value is -2.11. The second-order valence-corrected chi connectivity index (χ2v) is 6.18. The Kier molecular flexibility index (Phi) is 3.76. The quantitative estimate of drug-likeness (QED) is 0.920. The Morgan fingerprint density at radius 1 is 1.50 bits per heavy atom. The summed E-state index contributed by atoms with van der Waals surface area (Å²) in [7, 11) is 1.73. The molecule has 3 rings (SSSR count). The molecule has 0 aliphatic carbocycles. The van der Waals surface area contributed by atoms with Gasteiger partial charge in [0.25, 0.3) is 11.5 Å². The first-order valence-corrected chi connectivity index (χ1v) is 7.87. The van der Waals surface area contributed by atoms with E-state index in [2.05, 4.69) is 17.0 Å². The molecule has 0 spiro atoms. The third-order valence-corrected chi connectivity index (χ3v) is 4.56. The number of pyridine rings is 1. The molecule has 1 N–H and O–H groups in total. The van der Waals surface area contributed by atoms with Crippen molar-refractivity contribution in [1.29, 1.82) is 0 Å². The molecule has 0 radical (unpaired) electrons. The van der Waals surface area contributed by atoms with Crippen LogP contribution in [0.1, 0.15) is 42.2 Å². The van der Waals surface area contributed by atoms with Gasteiger partial charge in [0.2, 0.25) is 0 Å². The molecule has 1 amide bonds. The Morgan fingerprint density at radius 2 is 2.27 bits per heavy atom. The van der Waals surface area contributed by atoms with E-state index in [0.29, 0.717) is 22.5 Å². The number of amides is 1. The number of rotatable bonds is 2. The van der Waals surface area contributed by atoms with Crippen LogP contribution in [0.15, 0.2) is 10.9 Å². The Labute approximate surface area is 129 Å². The van der Waals surface area contributed by atoms with E-state index in [0.717, 1.165) is 31.6 Å². The molecule has 2 aromatic heterocycles. The van der Waals surface area contributed by atoms with Crippen molar-refractivity contribution in [2.45, 2.75) is 33.1 Å². The highest BCUT2D eigenvalue weighted by molar-refractivity contribution is 6.05. The number of fused-ring (bicyclic) bond motifs is 1. The molecule has 1 unspecified atom stereocenters. The van der Waals surface area contributed by atoms with E-state index in [4.69, 9.17) is 0 Å². The molecule has 1 atom stereocenters. The third-order valence-electron chi connectivity index (χ3n) is 4.56. The van der Waals surface area contributed by atoms with Gasteiger partial charge in [0, 0.05) is 25.8 Å². The van der Waals surface area contributed by atoms with Gasteiger partial charge in [-0.05, 0) is 31.7 Å². The van der Waals surface area contributed by atoms with Gasteiger partial charge in [-0.25, -0.2) is 4.98 Å². The molecular formula is C16H22N4O2. The van der Waals surface area contributed by atoms with Crippen LogP contribution in [0, 0.1) is 12.8 Å². The van der Waals surface area contributed by atoms with Gasteiger partial charge in [-0.15, -0.1) is 0 Å². The van der Waals surface area contributed by atoms with Crippen LogP contribution in [0.2, 0.25) is 0 Å². The number of piperidine rings is 1. The third kappa shape index (κ3) is 2.42. The number of nitrogens with one attached hydrogen (secondary N) is 1. The summed E-state index contributed by atoms with van der Waals surface area (Å²) in [6, 6.07) is 1.73. The lowest BCUT2D eigenvalue weighted by Gasteiger charge is -2.32. The lowest BCUT2D eigenvalue weighted by atomic mass is 9.95. The SMILES string of the molecule is CCC1CCCN(C(=O)c2cc(C)nc3c2c(=O)[nH]n3C)C1. The van der Waals surface area contributed by atoms with Crippen LogP contribution in [-0.4, -0.2) is 38.7 Å². The van der Waals surface area contributed by atoms with E-state index < -0.39 is 0 Å². The lowest BCUT2D eigenvalue weighted by Crippen LogP contribution is -2.40. The van der Waals surface area contributed by atoms with Crippen molar-refractivity contribution < 1.29 is 4.79 Å². The number of aromatic nitrogens is 3. The van der Waals surface area contributed by atoms with E-state index >= 15 is 0 Å². The average Bonchev–Trinajstić information content (AvgIpc) is 2.80. The molecule has 6 heteroatoms. The van der Waals surface area contributed by atoms with Gasteiger partial charge in [0.1, 0.15) is 0 Å². The zero-order valence-corrected chi connectivity index (χ0v) is 13.3. The highest BCUT2D eigenvalue weighted by Gasteiger charge is 2.26. The molecule has 1 aliphatic rings. The van der Waals surface area contributed by atoms with Gasteiger partial charge < -0.3 is 4.90 Å². The highest BCUT2D eigenvalue weighted by atomic mass is 16.2. The lowest BCUT2D eigenvalue weighted by molar-refractivity contribution is 0.0673. The molecule has 118 valence electrons. The van der Waals surface area contributed by atoms with Crippen molar-refractivity contribution in [2.24, 2.45) is 13.0 Å². The Bertz CT molecular complexity index is 774. The first kappa shape index (κ1) is 14.8. The fraction of sp³-hybridized carbons (Fsp3) is 0.562. The predicted molar refractivity (Wildman–Crippen MR) is 85.0 cm³/mol. The zero-order valence-electron chi connectivity index (χ0n) is 13.3. The minimum atomic E-state index is -0.252. The molecule has 6 nitrogen and oxygen atoms in total. The van der Waals surface area contributed by atoms with Crippen molar-refractivity contribution in [2.75, 3.05) is 13.1 Å². The van der Waals surface area contributed by atoms with Gasteiger partial charge in [-0.2, -0.15) is 0 Å². The maximum atomic E-state index is 12.9. The van der Waals surface area contributed by atoms with Crippen molar-refractivity contribution in [3.63, 3.8) is 0 Å². The molecule has 3 heterocycles. The van der Waals surface area contributed by atoms with E-state index in [1.54, 1.807) is 17.8 Å². The molecule has 1 fully saturated rings. The van der Waals surface area contributed by atoms with Crippen molar-refractivity contribution in [3.8, 4) is 0 Å². The van der Waals surface area contributed by atoms with E-state index in [9.17, 15) is 9.59 Å². The topological polar surface area (TPSA) is 71.0 Å². The van der Waals surface area contributed by atoms with Crippen molar-refractivity contribution in [1.82, 2.24) is 19.7 Å². The standard InChI is InChI=1S/C16H22N4O2/c1-4-11-6-5-7-20(9-11)16(22)12-8-10(2)17-14-13(12)15(21)18-19(14)3/h8,11H,4-7,9H2,1-3H3,(H,18,21). The number of carbonyl (C=O) groups excluding carboxylic acids is 1. The number of hydrogen-bond acceptors (Lipinski definition) is 3. The summed E-state index contributed by atoms with van der Waals surface area (Å²) >= 11 is 0. The summed E-state index contributed by atoms with van der Waals surface area (Å²) in [5, 5.41) is 3.09. The fourth-order valence-electron chi connectivity index (χ4n) is 3.31. The highest BCUT2D eigenvalue weighted by Crippen LogP contribution is 2.23. The summed E-state index contributed by atoms with van der Waals surface area (Å²) in [6.07, 6.45) is 3.29. The first-order chi connectivity index (χ1) is 10.5. The molecule has 0 aromatic carbocycles. The average molecular weight is 302 g/mol. The smallest absolute Gasteiger partial charge is 0.274 e. The fourth-order valence-corrected chi connectivity index (χ4v) is 3.31. The summed E-state index contributed by atoms with van der Waals surface area (Å²) in [6.45, 7) is 5.56. The number of hydrogen-bond donors (Lipinski definition) is 1. The van der Waals surface area contributed by atoms with Gasteiger partial charge in [0.15, 0.2) is 5.65 Å². The number of carbonyl (C=O) groups is 1. The zero-order chi connectivity index (χ0) is 15.9. The number of aromatic amines is 1. The minimum absolute atomic E-state index is 0.0506. The van der Waals surface area contributed by atoms with E-state index in [-0.39, 0.29) is 11.5 Å². The van der Waals surface area contributed by atoms with Crippen LogP contribution in [0.4, 0.5) is 0 Å². The van der Waals surface area contributed by atoms with Crippen LogP contribution >= 0.6 is 0 Å². The molecular weight excluding hydrogens is 280 g/mol. The van der Waals surface area contributed by atoms with Crippen molar-refractivity contribution in [3.05, 3.63) is 27.7 Å². The Balaban J connectivity index is 2.06. The van der Waals surface area contributed by atoms with Gasteiger partial charge in [-0.1, -0.05) is 13.3 Å². The molecule has 22 heavy (non-hydrogen) atoms. The molecule has 0 bridgehead atoms. The number of likely N-dealkylation sites (tertiary alicyclic amines) is 1. The number of nitrogens with zero attached hydrogens (tertiary/aromatic N) is 3.